The Hall–Kier alpha value is -0.470. The molecule has 2 aliphatic rings. The fourth-order valence-corrected chi connectivity index (χ4v) is 4.95. The molecule has 3 unspecified atom stereocenters. The van der Waals surface area contributed by atoms with Gasteiger partial charge in [-0.05, 0) is 54.9 Å². The van der Waals surface area contributed by atoms with E-state index in [4.69, 9.17) is 0 Å². The van der Waals surface area contributed by atoms with E-state index in [1.54, 1.807) is 11.1 Å². The van der Waals surface area contributed by atoms with Crippen LogP contribution in [0.25, 0.3) is 0 Å². The number of hydrogen-bond acceptors (Lipinski definition) is 2. The summed E-state index contributed by atoms with van der Waals surface area (Å²) in [6.45, 7) is 4.88. The lowest BCUT2D eigenvalue weighted by molar-refractivity contribution is 0.181. The van der Waals surface area contributed by atoms with E-state index in [-0.39, 0.29) is 0 Å². The summed E-state index contributed by atoms with van der Waals surface area (Å²) < 4.78 is 0. The lowest BCUT2D eigenvalue weighted by Gasteiger charge is -2.43. The second-order valence-corrected chi connectivity index (χ2v) is 8.65. The molecular formula is C19H29NS. The molecule has 0 bridgehead atoms. The molecule has 21 heavy (non-hydrogen) atoms. The zero-order valence-corrected chi connectivity index (χ0v) is 14.5. The van der Waals surface area contributed by atoms with Gasteiger partial charge in [0.2, 0.25) is 0 Å². The molecule has 3 rings (SSSR count). The summed E-state index contributed by atoms with van der Waals surface area (Å²) in [5.74, 6) is 0. The van der Waals surface area contributed by atoms with Gasteiger partial charge in [0, 0.05) is 17.3 Å². The summed E-state index contributed by atoms with van der Waals surface area (Å²) in [7, 11) is 0. The maximum absolute atomic E-state index is 4.06. The Morgan fingerprint density at radius 2 is 2.00 bits per heavy atom. The highest BCUT2D eigenvalue weighted by Crippen LogP contribution is 2.44. The van der Waals surface area contributed by atoms with Crippen molar-refractivity contribution in [3.05, 3.63) is 35.4 Å². The fraction of sp³-hybridized carbons (Fsp3) is 0.684. The minimum Gasteiger partial charge on any atom is -0.307 e. The van der Waals surface area contributed by atoms with Crippen LogP contribution in [0.4, 0.5) is 0 Å². The summed E-state index contributed by atoms with van der Waals surface area (Å²) >= 11 is 2.06. The molecule has 2 aliphatic carbocycles. The minimum absolute atomic E-state index is 0.362. The van der Waals surface area contributed by atoms with E-state index in [1.807, 2.05) is 0 Å². The van der Waals surface area contributed by atoms with Gasteiger partial charge in [0.25, 0.3) is 0 Å². The summed E-state index contributed by atoms with van der Waals surface area (Å²) in [4.78, 5) is 0. The molecule has 1 nitrogen and oxygen atoms in total. The smallest absolute Gasteiger partial charge is 0.0376 e. The Kier molecular flexibility index (Phi) is 4.66. The molecule has 0 saturated heterocycles. The maximum Gasteiger partial charge on any atom is 0.0376 e. The van der Waals surface area contributed by atoms with Gasteiger partial charge in [-0.25, -0.2) is 0 Å². The van der Waals surface area contributed by atoms with Gasteiger partial charge < -0.3 is 5.32 Å². The number of benzene rings is 1. The number of rotatable bonds is 3. The van der Waals surface area contributed by atoms with Gasteiger partial charge in [0.1, 0.15) is 0 Å². The first-order chi connectivity index (χ1) is 10.1. The van der Waals surface area contributed by atoms with Crippen molar-refractivity contribution in [2.75, 3.05) is 6.26 Å². The second-order valence-electron chi connectivity index (χ2n) is 7.51. The quantitative estimate of drug-likeness (QED) is 0.846. The number of nitrogens with one attached hydrogen (secondary N) is 1. The van der Waals surface area contributed by atoms with Crippen LogP contribution in [0.2, 0.25) is 0 Å². The second kappa shape index (κ2) is 6.34. The third-order valence-corrected chi connectivity index (χ3v) is 6.64. The van der Waals surface area contributed by atoms with E-state index in [1.165, 1.54) is 38.5 Å². The van der Waals surface area contributed by atoms with Gasteiger partial charge in [0.05, 0.1) is 0 Å². The van der Waals surface area contributed by atoms with E-state index in [0.29, 0.717) is 17.5 Å². The van der Waals surface area contributed by atoms with E-state index >= 15 is 0 Å². The normalized spacial score (nSPS) is 31.7. The largest absolute Gasteiger partial charge is 0.307 e. The number of hydrogen-bond donors (Lipinski definition) is 1. The van der Waals surface area contributed by atoms with Crippen LogP contribution in [0, 0.1) is 5.41 Å². The Labute approximate surface area is 134 Å². The first-order valence-corrected chi connectivity index (χ1v) is 9.75. The molecule has 1 N–H and O–H groups in total. The number of aryl methyl sites for hydroxylation is 1. The molecule has 3 atom stereocenters. The van der Waals surface area contributed by atoms with Crippen molar-refractivity contribution in [3.8, 4) is 0 Å². The van der Waals surface area contributed by atoms with E-state index < -0.39 is 0 Å². The molecule has 116 valence electrons. The van der Waals surface area contributed by atoms with E-state index in [2.05, 4.69) is 61.4 Å². The maximum atomic E-state index is 4.06. The molecular weight excluding hydrogens is 274 g/mol. The number of fused-ring (bicyclic) bond motifs is 1. The van der Waals surface area contributed by atoms with Crippen molar-refractivity contribution in [1.29, 1.82) is 0 Å². The zero-order valence-electron chi connectivity index (χ0n) is 13.7. The van der Waals surface area contributed by atoms with Crippen molar-refractivity contribution < 1.29 is 0 Å². The van der Waals surface area contributed by atoms with Crippen LogP contribution in [-0.4, -0.2) is 17.5 Å². The highest BCUT2D eigenvalue weighted by Gasteiger charge is 2.37. The highest BCUT2D eigenvalue weighted by molar-refractivity contribution is 7.99. The van der Waals surface area contributed by atoms with Crippen LogP contribution in [0.5, 0.6) is 0 Å². The first kappa shape index (κ1) is 15.4. The number of thioether (sulfide) groups is 1. The molecule has 1 aromatic rings. The van der Waals surface area contributed by atoms with Gasteiger partial charge in [0.15, 0.2) is 0 Å². The molecule has 1 aromatic carbocycles. The van der Waals surface area contributed by atoms with Gasteiger partial charge in [-0.2, -0.15) is 11.8 Å². The van der Waals surface area contributed by atoms with E-state index in [0.717, 1.165) is 5.25 Å². The molecule has 0 amide bonds. The van der Waals surface area contributed by atoms with Gasteiger partial charge in [-0.1, -0.05) is 44.5 Å². The van der Waals surface area contributed by atoms with Crippen molar-refractivity contribution in [2.24, 2.45) is 5.41 Å². The predicted molar refractivity (Wildman–Crippen MR) is 94.0 cm³/mol. The van der Waals surface area contributed by atoms with Crippen molar-refractivity contribution in [1.82, 2.24) is 5.32 Å². The van der Waals surface area contributed by atoms with Gasteiger partial charge in [-0.15, -0.1) is 0 Å². The van der Waals surface area contributed by atoms with Crippen molar-refractivity contribution >= 4 is 11.8 Å². The summed E-state index contributed by atoms with van der Waals surface area (Å²) in [6.07, 6.45) is 10.3. The average Bonchev–Trinajstić information content (AvgIpc) is 2.50. The Balaban J connectivity index is 1.79. The van der Waals surface area contributed by atoms with Crippen LogP contribution < -0.4 is 5.32 Å². The fourth-order valence-electron chi connectivity index (χ4n) is 4.13. The summed E-state index contributed by atoms with van der Waals surface area (Å²) in [5.41, 5.74) is 3.48. The zero-order chi connectivity index (χ0) is 14.9. The lowest BCUT2D eigenvalue weighted by atomic mass is 9.70. The lowest BCUT2D eigenvalue weighted by Crippen LogP contribution is -2.45. The molecule has 1 fully saturated rings. The summed E-state index contributed by atoms with van der Waals surface area (Å²) in [5, 5.41) is 4.91. The standard InChI is InChI=1S/C19H29NS/c1-19(2)12-11-14-7-4-5-10-17(14)18(19)20-15-8-6-9-16(13-15)21-3/h4-5,7,10,15-16,18,20H,6,8-9,11-13H2,1-3H3. The van der Waals surface area contributed by atoms with E-state index in [9.17, 15) is 0 Å². The topological polar surface area (TPSA) is 12.0 Å². The summed E-state index contributed by atoms with van der Waals surface area (Å²) in [6, 6.07) is 10.3. The average molecular weight is 304 g/mol. The first-order valence-electron chi connectivity index (χ1n) is 8.47. The SMILES string of the molecule is CSC1CCCC(NC2c3ccccc3CCC2(C)C)C1. The highest BCUT2D eigenvalue weighted by atomic mass is 32.2. The Morgan fingerprint density at radius 3 is 2.81 bits per heavy atom. The van der Waals surface area contributed by atoms with Crippen LogP contribution in [0.1, 0.15) is 63.1 Å². The molecule has 0 aromatic heterocycles. The van der Waals surface area contributed by atoms with Crippen LogP contribution in [0.15, 0.2) is 24.3 Å². The molecule has 0 spiro atoms. The molecule has 0 radical (unpaired) electrons. The van der Waals surface area contributed by atoms with Gasteiger partial charge in [-0.3, -0.25) is 0 Å². The third-order valence-electron chi connectivity index (χ3n) is 5.55. The molecule has 0 aliphatic heterocycles. The van der Waals surface area contributed by atoms with Crippen LogP contribution in [0.3, 0.4) is 0 Å². The minimum atomic E-state index is 0.362. The third kappa shape index (κ3) is 3.32. The van der Waals surface area contributed by atoms with Gasteiger partial charge >= 0.3 is 0 Å². The molecule has 1 saturated carbocycles. The molecule has 0 heterocycles. The van der Waals surface area contributed by atoms with Crippen molar-refractivity contribution in [2.45, 2.75) is 69.7 Å². The molecule has 2 heteroatoms. The predicted octanol–water partition coefficient (Wildman–Crippen LogP) is 4.96. The Bertz CT molecular complexity index is 482. The van der Waals surface area contributed by atoms with Crippen molar-refractivity contribution in [3.63, 3.8) is 0 Å². The van der Waals surface area contributed by atoms with Crippen LogP contribution in [-0.2, 0) is 6.42 Å². The Morgan fingerprint density at radius 1 is 1.19 bits per heavy atom. The van der Waals surface area contributed by atoms with Crippen LogP contribution >= 0.6 is 11.8 Å². The monoisotopic (exact) mass is 303 g/mol.